The van der Waals surface area contributed by atoms with Crippen molar-refractivity contribution in [3.8, 4) is 0 Å². The molecule has 0 unspecified atom stereocenters. The molecule has 6 nitrogen and oxygen atoms in total. The van der Waals surface area contributed by atoms with E-state index in [-0.39, 0.29) is 16.6 Å². The molecule has 1 aromatic rings. The third-order valence-corrected chi connectivity index (χ3v) is 3.53. The summed E-state index contributed by atoms with van der Waals surface area (Å²) in [5.41, 5.74) is -0.389. The van der Waals surface area contributed by atoms with Gasteiger partial charge in [0, 0.05) is 19.3 Å². The van der Waals surface area contributed by atoms with Crippen LogP contribution in [0.1, 0.15) is 36.5 Å². The highest BCUT2D eigenvalue weighted by molar-refractivity contribution is 6.32. The van der Waals surface area contributed by atoms with Gasteiger partial charge in [-0.05, 0) is 31.2 Å². The van der Waals surface area contributed by atoms with Crippen molar-refractivity contribution in [1.82, 2.24) is 9.88 Å². The number of aromatic nitrogens is 1. The molecule has 1 aliphatic carbocycles. The highest BCUT2D eigenvalue weighted by Gasteiger charge is 2.31. The van der Waals surface area contributed by atoms with Gasteiger partial charge in [-0.2, -0.15) is 0 Å². The predicted molar refractivity (Wildman–Crippen MR) is 74.8 cm³/mol. The first-order valence-electron chi connectivity index (χ1n) is 6.62. The summed E-state index contributed by atoms with van der Waals surface area (Å²) in [6.07, 6.45) is 4.37. The summed E-state index contributed by atoms with van der Waals surface area (Å²) in [7, 11) is 0. The number of nitro groups is 1. The molecule has 1 aromatic heterocycles. The molecule has 1 amide bonds. The number of carbonyl (C=O) groups excluding carboxylic acids is 1. The van der Waals surface area contributed by atoms with Crippen molar-refractivity contribution in [3.63, 3.8) is 0 Å². The molecule has 0 bridgehead atoms. The average Bonchev–Trinajstić information content (AvgIpc) is 3.20. The summed E-state index contributed by atoms with van der Waals surface area (Å²) in [6.45, 7) is 3.22. The van der Waals surface area contributed by atoms with Crippen molar-refractivity contribution in [2.24, 2.45) is 5.92 Å². The van der Waals surface area contributed by atoms with Gasteiger partial charge in [-0.25, -0.2) is 4.98 Å². The third kappa shape index (κ3) is 3.25. The Morgan fingerprint density at radius 1 is 1.60 bits per heavy atom. The van der Waals surface area contributed by atoms with Gasteiger partial charge >= 0.3 is 5.69 Å². The quantitative estimate of drug-likeness (QED) is 0.459. The van der Waals surface area contributed by atoms with E-state index in [4.69, 9.17) is 11.6 Å². The van der Waals surface area contributed by atoms with Crippen LogP contribution < -0.4 is 0 Å². The topological polar surface area (TPSA) is 76.3 Å². The molecule has 0 radical (unpaired) electrons. The first-order valence-corrected chi connectivity index (χ1v) is 7.00. The Kier molecular flexibility index (Phi) is 4.54. The summed E-state index contributed by atoms with van der Waals surface area (Å²) in [5.74, 6) is 0.191. The van der Waals surface area contributed by atoms with Crippen molar-refractivity contribution in [1.29, 1.82) is 0 Å². The fourth-order valence-corrected chi connectivity index (χ4v) is 2.33. The van der Waals surface area contributed by atoms with E-state index in [2.05, 4.69) is 4.98 Å². The Balaban J connectivity index is 2.30. The smallest absolute Gasteiger partial charge is 0.319 e. The summed E-state index contributed by atoms with van der Waals surface area (Å²) < 4.78 is 0. The van der Waals surface area contributed by atoms with Gasteiger partial charge in [-0.15, -0.1) is 0 Å². The minimum absolute atomic E-state index is 0.0177. The number of pyridine rings is 1. The molecule has 0 spiro atoms. The Hall–Kier alpha value is -1.69. The van der Waals surface area contributed by atoms with Gasteiger partial charge in [0.2, 0.25) is 5.15 Å². The number of nitrogens with zero attached hydrogens (tertiary/aromatic N) is 3. The van der Waals surface area contributed by atoms with Crippen LogP contribution in [-0.4, -0.2) is 33.8 Å². The molecule has 0 saturated heterocycles. The van der Waals surface area contributed by atoms with E-state index in [9.17, 15) is 14.9 Å². The van der Waals surface area contributed by atoms with Gasteiger partial charge in [-0.1, -0.05) is 18.5 Å². The molecule has 2 rings (SSSR count). The van der Waals surface area contributed by atoms with Crippen molar-refractivity contribution in [2.75, 3.05) is 13.1 Å². The van der Waals surface area contributed by atoms with Crippen LogP contribution in [0.5, 0.6) is 0 Å². The maximum Gasteiger partial charge on any atom is 0.319 e. The number of amides is 1. The monoisotopic (exact) mass is 297 g/mol. The van der Waals surface area contributed by atoms with E-state index in [1.807, 2.05) is 6.92 Å². The van der Waals surface area contributed by atoms with Gasteiger partial charge in [0.25, 0.3) is 5.91 Å². The van der Waals surface area contributed by atoms with E-state index < -0.39 is 10.6 Å². The van der Waals surface area contributed by atoms with E-state index in [1.165, 1.54) is 12.3 Å². The van der Waals surface area contributed by atoms with Crippen LogP contribution in [-0.2, 0) is 0 Å². The molecule has 20 heavy (non-hydrogen) atoms. The van der Waals surface area contributed by atoms with Crippen LogP contribution in [0.25, 0.3) is 0 Å². The lowest BCUT2D eigenvalue weighted by atomic mass is 10.2. The molecule has 0 N–H and O–H groups in total. The van der Waals surface area contributed by atoms with Gasteiger partial charge in [0.1, 0.15) is 5.56 Å². The summed E-state index contributed by atoms with van der Waals surface area (Å²) in [5, 5.41) is 10.8. The second-order valence-corrected chi connectivity index (χ2v) is 5.31. The predicted octanol–water partition coefficient (Wildman–Crippen LogP) is 2.91. The molecule has 1 saturated carbocycles. The SMILES string of the molecule is CCCN(CC1CC1)C(=O)c1ccnc(Cl)c1[N+](=O)[O-]. The van der Waals surface area contributed by atoms with E-state index in [0.717, 1.165) is 19.3 Å². The molecular weight excluding hydrogens is 282 g/mol. The van der Waals surface area contributed by atoms with Crippen molar-refractivity contribution < 1.29 is 9.72 Å². The lowest BCUT2D eigenvalue weighted by molar-refractivity contribution is -0.385. The fourth-order valence-electron chi connectivity index (χ4n) is 2.10. The number of carbonyl (C=O) groups is 1. The molecular formula is C13H16ClN3O3. The largest absolute Gasteiger partial charge is 0.338 e. The van der Waals surface area contributed by atoms with E-state index in [1.54, 1.807) is 4.90 Å². The van der Waals surface area contributed by atoms with Crippen molar-refractivity contribution in [2.45, 2.75) is 26.2 Å². The van der Waals surface area contributed by atoms with Crippen molar-refractivity contribution >= 4 is 23.2 Å². The zero-order chi connectivity index (χ0) is 14.7. The Morgan fingerprint density at radius 3 is 2.85 bits per heavy atom. The maximum atomic E-state index is 12.5. The molecule has 1 aliphatic rings. The van der Waals surface area contributed by atoms with Crippen LogP contribution in [0.3, 0.4) is 0 Å². The normalized spacial score (nSPS) is 14.1. The number of halogens is 1. The van der Waals surface area contributed by atoms with Gasteiger partial charge in [0.15, 0.2) is 0 Å². The summed E-state index contributed by atoms with van der Waals surface area (Å²) in [6, 6.07) is 1.36. The minimum Gasteiger partial charge on any atom is -0.338 e. The van der Waals surface area contributed by atoms with E-state index in [0.29, 0.717) is 19.0 Å². The van der Waals surface area contributed by atoms with Gasteiger partial charge in [-0.3, -0.25) is 14.9 Å². The number of rotatable bonds is 6. The second kappa shape index (κ2) is 6.17. The van der Waals surface area contributed by atoms with Crippen LogP contribution in [0, 0.1) is 16.0 Å². The van der Waals surface area contributed by atoms with Crippen LogP contribution in [0.2, 0.25) is 5.15 Å². The molecule has 0 atom stereocenters. The van der Waals surface area contributed by atoms with Crippen LogP contribution >= 0.6 is 11.6 Å². The molecule has 108 valence electrons. The zero-order valence-corrected chi connectivity index (χ0v) is 12.0. The standard InChI is InChI=1S/C13H16ClN3O3/c1-2-7-16(8-9-3-4-9)13(18)10-5-6-15-12(14)11(10)17(19)20/h5-6,9H,2-4,7-8H2,1H3. The number of hydrogen-bond acceptors (Lipinski definition) is 4. The fraction of sp³-hybridized carbons (Fsp3) is 0.538. The zero-order valence-electron chi connectivity index (χ0n) is 11.2. The van der Waals surface area contributed by atoms with Gasteiger partial charge in [0.05, 0.1) is 4.92 Å². The first-order chi connectivity index (χ1) is 9.54. The Bertz CT molecular complexity index is 532. The van der Waals surface area contributed by atoms with Crippen LogP contribution in [0.15, 0.2) is 12.3 Å². The molecule has 1 heterocycles. The Morgan fingerprint density at radius 2 is 2.30 bits per heavy atom. The minimum atomic E-state index is -0.649. The number of hydrogen-bond donors (Lipinski definition) is 0. The van der Waals surface area contributed by atoms with Gasteiger partial charge < -0.3 is 4.90 Å². The Labute approximate surface area is 121 Å². The highest BCUT2D eigenvalue weighted by atomic mass is 35.5. The highest BCUT2D eigenvalue weighted by Crippen LogP contribution is 2.32. The molecule has 0 aliphatic heterocycles. The maximum absolute atomic E-state index is 12.5. The average molecular weight is 298 g/mol. The lowest BCUT2D eigenvalue weighted by Crippen LogP contribution is -2.34. The molecule has 0 aromatic carbocycles. The molecule has 1 fully saturated rings. The molecule has 7 heteroatoms. The van der Waals surface area contributed by atoms with Crippen molar-refractivity contribution in [3.05, 3.63) is 33.1 Å². The third-order valence-electron chi connectivity index (χ3n) is 3.25. The summed E-state index contributed by atoms with van der Waals surface area (Å²) >= 11 is 5.74. The first kappa shape index (κ1) is 14.7. The lowest BCUT2D eigenvalue weighted by Gasteiger charge is -2.22. The summed E-state index contributed by atoms with van der Waals surface area (Å²) in [4.78, 5) is 28.3. The van der Waals surface area contributed by atoms with E-state index >= 15 is 0 Å². The second-order valence-electron chi connectivity index (χ2n) is 4.95. The van der Waals surface area contributed by atoms with Crippen LogP contribution in [0.4, 0.5) is 5.69 Å².